The molecule has 0 amide bonds. The van der Waals surface area contributed by atoms with Crippen LogP contribution in [0.3, 0.4) is 0 Å². The van der Waals surface area contributed by atoms with E-state index in [2.05, 4.69) is 36.4 Å². The Morgan fingerprint density at radius 2 is 2.09 bits per heavy atom. The number of aliphatic hydroxyl groups is 1. The maximum Gasteiger partial charge on any atom is 0.192 e. The first-order valence-corrected chi connectivity index (χ1v) is 8.66. The maximum absolute atomic E-state index is 11.2. The van der Waals surface area contributed by atoms with Gasteiger partial charge < -0.3 is 10.4 Å². The Morgan fingerprint density at radius 3 is 2.78 bits per heavy atom. The standard InChI is InChI=1S/C18H23N3OS/c1-11-14-15-13(17(15,2)3)9-18(14,22)21(20-11)16(23)19-10-12-7-5-4-6-8-12/h4-8,13-15,22H,9-10H2,1-3H3,(H,19,23)/t13-,14?,15-,18?/m1/s1. The molecule has 0 spiro atoms. The predicted molar refractivity (Wildman–Crippen MR) is 94.6 cm³/mol. The van der Waals surface area contributed by atoms with Gasteiger partial charge in [-0.25, -0.2) is 5.01 Å². The summed E-state index contributed by atoms with van der Waals surface area (Å²) in [4.78, 5) is 0. The van der Waals surface area contributed by atoms with Gasteiger partial charge in [0, 0.05) is 18.7 Å². The zero-order chi connectivity index (χ0) is 16.4. The average Bonchev–Trinajstić information content (AvgIpc) is 2.83. The van der Waals surface area contributed by atoms with E-state index in [1.807, 2.05) is 25.1 Å². The van der Waals surface area contributed by atoms with Crippen molar-refractivity contribution < 1.29 is 5.11 Å². The second-order valence-corrected chi connectivity index (χ2v) is 8.10. The molecule has 0 aromatic heterocycles. The van der Waals surface area contributed by atoms with E-state index >= 15 is 0 Å². The fourth-order valence-corrected chi connectivity index (χ4v) is 5.04. The minimum Gasteiger partial charge on any atom is -0.368 e. The second kappa shape index (κ2) is 4.77. The number of hydrazone groups is 1. The Bertz CT molecular complexity index is 687. The van der Waals surface area contributed by atoms with Crippen LogP contribution >= 0.6 is 12.2 Å². The molecule has 2 fully saturated rings. The molecule has 2 aliphatic carbocycles. The molecule has 4 nitrogen and oxygen atoms in total. The van der Waals surface area contributed by atoms with Gasteiger partial charge in [-0.2, -0.15) is 5.10 Å². The van der Waals surface area contributed by atoms with E-state index in [4.69, 9.17) is 12.2 Å². The first-order valence-electron chi connectivity index (χ1n) is 8.25. The number of rotatable bonds is 2. The van der Waals surface area contributed by atoms with Crippen LogP contribution < -0.4 is 5.32 Å². The number of hydrogen-bond acceptors (Lipinski definition) is 3. The molecular formula is C18H23N3OS. The summed E-state index contributed by atoms with van der Waals surface area (Å²) in [6.07, 6.45) is 0.753. The molecule has 122 valence electrons. The van der Waals surface area contributed by atoms with Gasteiger partial charge in [-0.15, -0.1) is 0 Å². The lowest BCUT2D eigenvalue weighted by Gasteiger charge is -2.36. The van der Waals surface area contributed by atoms with Gasteiger partial charge in [0.1, 0.15) is 0 Å². The maximum atomic E-state index is 11.2. The molecule has 4 rings (SSSR count). The molecule has 1 aromatic rings. The van der Waals surface area contributed by atoms with Gasteiger partial charge in [-0.1, -0.05) is 44.2 Å². The number of thiocarbonyl (C=S) groups is 1. The van der Waals surface area contributed by atoms with Crippen molar-refractivity contribution in [1.82, 2.24) is 10.3 Å². The van der Waals surface area contributed by atoms with E-state index in [9.17, 15) is 5.11 Å². The van der Waals surface area contributed by atoms with E-state index in [0.717, 1.165) is 17.7 Å². The Balaban J connectivity index is 1.49. The van der Waals surface area contributed by atoms with Crippen LogP contribution in [0.15, 0.2) is 35.4 Å². The van der Waals surface area contributed by atoms with Gasteiger partial charge in [-0.05, 0) is 42.0 Å². The lowest BCUT2D eigenvalue weighted by molar-refractivity contribution is -0.0860. The largest absolute Gasteiger partial charge is 0.368 e. The number of nitrogens with zero attached hydrogens (tertiary/aromatic N) is 2. The van der Waals surface area contributed by atoms with Gasteiger partial charge in [0.2, 0.25) is 0 Å². The summed E-state index contributed by atoms with van der Waals surface area (Å²) in [5.74, 6) is 1.21. The van der Waals surface area contributed by atoms with Gasteiger partial charge in [0.15, 0.2) is 10.8 Å². The minimum atomic E-state index is -0.935. The highest BCUT2D eigenvalue weighted by atomic mass is 32.1. The van der Waals surface area contributed by atoms with Crippen molar-refractivity contribution in [2.24, 2.45) is 28.3 Å². The predicted octanol–water partition coefficient (Wildman–Crippen LogP) is 2.73. The van der Waals surface area contributed by atoms with Crippen LogP contribution in [-0.4, -0.2) is 26.7 Å². The molecule has 3 aliphatic rings. The zero-order valence-electron chi connectivity index (χ0n) is 13.8. The van der Waals surface area contributed by atoms with E-state index in [-0.39, 0.29) is 5.92 Å². The highest BCUT2D eigenvalue weighted by Gasteiger charge is 2.75. The molecule has 1 heterocycles. The smallest absolute Gasteiger partial charge is 0.192 e. The van der Waals surface area contributed by atoms with Gasteiger partial charge in [0.05, 0.1) is 5.92 Å². The Kier molecular flexibility index (Phi) is 3.13. The molecule has 23 heavy (non-hydrogen) atoms. The summed E-state index contributed by atoms with van der Waals surface area (Å²) in [5.41, 5.74) is 1.56. The fourth-order valence-electron chi connectivity index (χ4n) is 4.77. The third-order valence-electron chi connectivity index (χ3n) is 6.07. The van der Waals surface area contributed by atoms with Crippen LogP contribution in [0, 0.1) is 23.2 Å². The van der Waals surface area contributed by atoms with E-state index in [1.54, 1.807) is 5.01 Å². The molecule has 2 unspecified atom stereocenters. The summed E-state index contributed by atoms with van der Waals surface area (Å²) in [5, 5.41) is 21.3. The normalized spacial score (nSPS) is 36.3. The topological polar surface area (TPSA) is 47.9 Å². The molecule has 2 saturated carbocycles. The summed E-state index contributed by atoms with van der Waals surface area (Å²) in [6.45, 7) is 7.25. The molecule has 1 aliphatic heterocycles. The number of hydrogen-bond donors (Lipinski definition) is 2. The van der Waals surface area contributed by atoms with E-state index in [1.165, 1.54) is 0 Å². The SMILES string of the molecule is CC1=NN(C(=S)NCc2ccccc2)C2(O)C[C@@H]3[C@H](C12)C3(C)C. The molecule has 4 atom stereocenters. The molecular weight excluding hydrogens is 306 g/mol. The van der Waals surface area contributed by atoms with Crippen molar-refractivity contribution in [3.63, 3.8) is 0 Å². The van der Waals surface area contributed by atoms with E-state index in [0.29, 0.717) is 28.9 Å². The average molecular weight is 329 g/mol. The molecule has 5 heteroatoms. The van der Waals surface area contributed by atoms with Gasteiger partial charge in [-0.3, -0.25) is 0 Å². The summed E-state index contributed by atoms with van der Waals surface area (Å²) in [6, 6.07) is 10.1. The van der Waals surface area contributed by atoms with Gasteiger partial charge in [0.25, 0.3) is 0 Å². The first-order chi connectivity index (χ1) is 10.9. The second-order valence-electron chi connectivity index (χ2n) is 7.71. The van der Waals surface area contributed by atoms with Crippen LogP contribution in [0.5, 0.6) is 0 Å². The first kappa shape index (κ1) is 15.1. The van der Waals surface area contributed by atoms with Crippen molar-refractivity contribution in [1.29, 1.82) is 0 Å². The minimum absolute atomic E-state index is 0.110. The lowest BCUT2D eigenvalue weighted by atomic mass is 9.84. The van der Waals surface area contributed by atoms with Crippen LogP contribution in [0.2, 0.25) is 0 Å². The van der Waals surface area contributed by atoms with Crippen molar-refractivity contribution in [2.45, 2.75) is 39.5 Å². The molecule has 1 aromatic carbocycles. The summed E-state index contributed by atoms with van der Waals surface area (Å²) in [7, 11) is 0. The monoisotopic (exact) mass is 329 g/mol. The fraction of sp³-hybridized carbons (Fsp3) is 0.556. The van der Waals surface area contributed by atoms with Crippen molar-refractivity contribution in [3.05, 3.63) is 35.9 Å². The number of fused-ring (bicyclic) bond motifs is 3. The highest BCUT2D eigenvalue weighted by molar-refractivity contribution is 7.80. The summed E-state index contributed by atoms with van der Waals surface area (Å²) < 4.78 is 0. The number of nitrogens with one attached hydrogen (secondary N) is 1. The van der Waals surface area contributed by atoms with Crippen LogP contribution in [0.1, 0.15) is 32.8 Å². The molecule has 2 N–H and O–H groups in total. The third kappa shape index (κ3) is 2.06. The van der Waals surface area contributed by atoms with Crippen molar-refractivity contribution >= 4 is 23.0 Å². The summed E-state index contributed by atoms with van der Waals surface area (Å²) >= 11 is 5.52. The Morgan fingerprint density at radius 1 is 1.39 bits per heavy atom. The number of benzene rings is 1. The molecule has 0 bridgehead atoms. The van der Waals surface area contributed by atoms with Crippen LogP contribution in [0.25, 0.3) is 0 Å². The quantitative estimate of drug-likeness (QED) is 0.819. The molecule has 0 saturated heterocycles. The third-order valence-corrected chi connectivity index (χ3v) is 6.39. The highest BCUT2D eigenvalue weighted by Crippen LogP contribution is 2.73. The molecule has 0 radical (unpaired) electrons. The Hall–Kier alpha value is -1.46. The zero-order valence-corrected chi connectivity index (χ0v) is 14.6. The van der Waals surface area contributed by atoms with Crippen LogP contribution in [-0.2, 0) is 6.54 Å². The van der Waals surface area contributed by atoms with E-state index < -0.39 is 5.72 Å². The van der Waals surface area contributed by atoms with Crippen LogP contribution in [0.4, 0.5) is 0 Å². The Labute approximate surface area is 142 Å². The van der Waals surface area contributed by atoms with Crippen molar-refractivity contribution in [3.8, 4) is 0 Å². The lowest BCUT2D eigenvalue weighted by Crippen LogP contribution is -2.53. The van der Waals surface area contributed by atoms with Gasteiger partial charge >= 0.3 is 0 Å². The van der Waals surface area contributed by atoms with Crippen molar-refractivity contribution in [2.75, 3.05) is 0 Å².